The molecule has 1 unspecified atom stereocenters. The van der Waals surface area contributed by atoms with Gasteiger partial charge in [0.15, 0.2) is 5.03 Å². The number of imidazole rings is 1. The van der Waals surface area contributed by atoms with E-state index in [0.717, 1.165) is 0 Å². The largest absolute Gasteiger partial charge is 0.378 e. The van der Waals surface area contributed by atoms with Crippen LogP contribution in [-0.4, -0.2) is 42.0 Å². The smallest absolute Gasteiger partial charge is 0.262 e. The molecular formula is C14H16FN3O3S. The summed E-state index contributed by atoms with van der Waals surface area (Å²) in [6.45, 7) is 0.702. The van der Waals surface area contributed by atoms with Crippen molar-refractivity contribution in [3.8, 4) is 0 Å². The lowest BCUT2D eigenvalue weighted by molar-refractivity contribution is 0.0319. The van der Waals surface area contributed by atoms with Crippen LogP contribution in [0, 0.1) is 5.82 Å². The number of benzene rings is 1. The van der Waals surface area contributed by atoms with Gasteiger partial charge in [0.05, 0.1) is 25.6 Å². The molecule has 1 aliphatic heterocycles. The molecule has 118 valence electrons. The second-order valence-corrected chi connectivity index (χ2v) is 6.98. The first-order chi connectivity index (χ1) is 10.5. The number of aromatic nitrogens is 2. The molecule has 1 aromatic carbocycles. The summed E-state index contributed by atoms with van der Waals surface area (Å²) >= 11 is 0. The van der Waals surface area contributed by atoms with Crippen LogP contribution in [0.4, 0.5) is 4.39 Å². The van der Waals surface area contributed by atoms with Crippen molar-refractivity contribution in [2.75, 3.05) is 19.8 Å². The van der Waals surface area contributed by atoms with Gasteiger partial charge in [0, 0.05) is 19.8 Å². The zero-order valence-corrected chi connectivity index (χ0v) is 12.8. The fraction of sp³-hybridized carbons (Fsp3) is 0.357. The Morgan fingerprint density at radius 2 is 2.23 bits per heavy atom. The number of halogens is 1. The third-order valence-corrected chi connectivity index (χ3v) is 5.36. The van der Waals surface area contributed by atoms with Crippen molar-refractivity contribution in [1.29, 1.82) is 0 Å². The Morgan fingerprint density at radius 3 is 2.91 bits per heavy atom. The van der Waals surface area contributed by atoms with Crippen molar-refractivity contribution in [3.63, 3.8) is 0 Å². The average molecular weight is 325 g/mol. The zero-order chi connectivity index (χ0) is 15.7. The highest BCUT2D eigenvalue weighted by Crippen LogP contribution is 2.29. The number of ether oxygens (including phenoxy) is 1. The van der Waals surface area contributed by atoms with Crippen LogP contribution in [0.2, 0.25) is 0 Å². The lowest BCUT2D eigenvalue weighted by Crippen LogP contribution is -2.43. The van der Waals surface area contributed by atoms with E-state index < -0.39 is 21.9 Å². The number of aryl methyl sites for hydroxylation is 1. The Kier molecular flexibility index (Phi) is 3.98. The standard InChI is InChI=1S/C14H16FN3O3S/c1-17-8-14(16-10-17)22(19,20)18-5-6-21-9-13(18)11-3-2-4-12(15)7-11/h2-4,7-8,10,13H,5-6,9H2,1H3. The minimum Gasteiger partial charge on any atom is -0.378 e. The molecule has 0 amide bonds. The van der Waals surface area contributed by atoms with Crippen molar-refractivity contribution in [2.24, 2.45) is 7.05 Å². The first-order valence-corrected chi connectivity index (χ1v) is 8.25. The summed E-state index contributed by atoms with van der Waals surface area (Å²) in [4.78, 5) is 3.93. The summed E-state index contributed by atoms with van der Waals surface area (Å²) in [5, 5.41) is -0.0155. The van der Waals surface area contributed by atoms with E-state index in [1.807, 2.05) is 0 Å². The monoisotopic (exact) mass is 325 g/mol. The Hall–Kier alpha value is -1.77. The van der Waals surface area contributed by atoms with Gasteiger partial charge >= 0.3 is 0 Å². The minimum atomic E-state index is -3.75. The molecular weight excluding hydrogens is 309 g/mol. The summed E-state index contributed by atoms with van der Waals surface area (Å²) in [5.41, 5.74) is 0.569. The van der Waals surface area contributed by atoms with Crippen LogP contribution < -0.4 is 0 Å². The molecule has 22 heavy (non-hydrogen) atoms. The molecule has 1 saturated heterocycles. The zero-order valence-electron chi connectivity index (χ0n) is 12.0. The minimum absolute atomic E-state index is 0.0155. The number of morpholine rings is 1. The van der Waals surface area contributed by atoms with Gasteiger partial charge in [0.2, 0.25) is 0 Å². The molecule has 0 spiro atoms. The molecule has 0 saturated carbocycles. The van der Waals surface area contributed by atoms with E-state index in [2.05, 4.69) is 4.98 Å². The molecule has 0 radical (unpaired) electrons. The summed E-state index contributed by atoms with van der Waals surface area (Å²) in [6, 6.07) is 5.36. The molecule has 0 aliphatic carbocycles. The predicted octanol–water partition coefficient (Wildman–Crippen LogP) is 1.32. The molecule has 2 aromatic rings. The lowest BCUT2D eigenvalue weighted by atomic mass is 10.1. The number of nitrogens with zero attached hydrogens (tertiary/aromatic N) is 3. The average Bonchev–Trinajstić information content (AvgIpc) is 2.95. The third-order valence-electron chi connectivity index (χ3n) is 3.57. The predicted molar refractivity (Wildman–Crippen MR) is 77.1 cm³/mol. The fourth-order valence-corrected chi connectivity index (χ4v) is 4.05. The van der Waals surface area contributed by atoms with Crippen LogP contribution in [0.15, 0.2) is 41.8 Å². The quantitative estimate of drug-likeness (QED) is 0.854. The van der Waals surface area contributed by atoms with Gasteiger partial charge in [-0.3, -0.25) is 0 Å². The molecule has 6 nitrogen and oxygen atoms in total. The van der Waals surface area contributed by atoms with Gasteiger partial charge in [-0.05, 0) is 17.7 Å². The third kappa shape index (κ3) is 2.77. The van der Waals surface area contributed by atoms with Crippen molar-refractivity contribution in [1.82, 2.24) is 13.9 Å². The molecule has 2 heterocycles. The van der Waals surface area contributed by atoms with Gasteiger partial charge in [0.25, 0.3) is 10.0 Å². The van der Waals surface area contributed by atoms with Crippen LogP contribution in [0.1, 0.15) is 11.6 Å². The Balaban J connectivity index is 1.99. The molecule has 3 rings (SSSR count). The Morgan fingerprint density at radius 1 is 1.41 bits per heavy atom. The lowest BCUT2D eigenvalue weighted by Gasteiger charge is -2.34. The van der Waals surface area contributed by atoms with Gasteiger partial charge in [-0.25, -0.2) is 17.8 Å². The SMILES string of the molecule is Cn1cnc(S(=O)(=O)N2CCOCC2c2cccc(F)c2)c1. The van der Waals surface area contributed by atoms with Crippen LogP contribution >= 0.6 is 0 Å². The highest BCUT2D eigenvalue weighted by molar-refractivity contribution is 7.89. The second kappa shape index (κ2) is 5.79. The second-order valence-electron chi connectivity index (χ2n) is 5.14. The van der Waals surface area contributed by atoms with E-state index in [9.17, 15) is 12.8 Å². The van der Waals surface area contributed by atoms with E-state index in [1.54, 1.807) is 23.7 Å². The van der Waals surface area contributed by atoms with Gasteiger partial charge in [-0.2, -0.15) is 4.31 Å². The summed E-state index contributed by atoms with van der Waals surface area (Å²) in [7, 11) is -2.05. The molecule has 1 aliphatic rings. The number of hydrogen-bond donors (Lipinski definition) is 0. The van der Waals surface area contributed by atoms with E-state index in [0.29, 0.717) is 12.2 Å². The number of rotatable bonds is 3. The normalized spacial score (nSPS) is 20.2. The highest BCUT2D eigenvalue weighted by atomic mass is 32.2. The van der Waals surface area contributed by atoms with E-state index >= 15 is 0 Å². The topological polar surface area (TPSA) is 64.4 Å². The van der Waals surface area contributed by atoms with Gasteiger partial charge in [0.1, 0.15) is 5.82 Å². The number of sulfonamides is 1. The summed E-state index contributed by atoms with van der Waals surface area (Å²) in [6.07, 6.45) is 2.89. The van der Waals surface area contributed by atoms with E-state index in [-0.39, 0.29) is 18.2 Å². The van der Waals surface area contributed by atoms with Gasteiger partial charge in [-0.1, -0.05) is 12.1 Å². The Bertz CT molecular complexity index is 775. The molecule has 0 bridgehead atoms. The number of hydrogen-bond acceptors (Lipinski definition) is 4. The van der Waals surface area contributed by atoms with Crippen LogP contribution in [0.3, 0.4) is 0 Å². The maximum Gasteiger partial charge on any atom is 0.262 e. The Labute approximate surface area is 128 Å². The molecule has 1 fully saturated rings. The van der Waals surface area contributed by atoms with Crippen molar-refractivity contribution >= 4 is 10.0 Å². The highest BCUT2D eigenvalue weighted by Gasteiger charge is 2.36. The molecule has 0 N–H and O–H groups in total. The van der Waals surface area contributed by atoms with Gasteiger partial charge in [-0.15, -0.1) is 0 Å². The fourth-order valence-electron chi connectivity index (χ4n) is 2.49. The van der Waals surface area contributed by atoms with Crippen LogP contribution in [-0.2, 0) is 21.8 Å². The summed E-state index contributed by atoms with van der Waals surface area (Å²) in [5.74, 6) is -0.404. The molecule has 1 atom stereocenters. The molecule has 1 aromatic heterocycles. The van der Waals surface area contributed by atoms with Crippen molar-refractivity contribution in [2.45, 2.75) is 11.1 Å². The van der Waals surface area contributed by atoms with Crippen molar-refractivity contribution in [3.05, 3.63) is 48.2 Å². The van der Waals surface area contributed by atoms with Crippen molar-refractivity contribution < 1.29 is 17.5 Å². The maximum absolute atomic E-state index is 13.4. The summed E-state index contributed by atoms with van der Waals surface area (Å²) < 4.78 is 47.3. The van der Waals surface area contributed by atoms with Crippen LogP contribution in [0.25, 0.3) is 0 Å². The van der Waals surface area contributed by atoms with E-state index in [4.69, 9.17) is 4.74 Å². The van der Waals surface area contributed by atoms with Crippen LogP contribution in [0.5, 0.6) is 0 Å². The van der Waals surface area contributed by atoms with Gasteiger partial charge < -0.3 is 9.30 Å². The molecule has 8 heteroatoms. The first-order valence-electron chi connectivity index (χ1n) is 6.81. The van der Waals surface area contributed by atoms with E-state index in [1.165, 1.54) is 29.0 Å². The maximum atomic E-state index is 13.4. The first kappa shape index (κ1) is 15.1.